The number of rotatable bonds is 5. The predicted octanol–water partition coefficient (Wildman–Crippen LogP) is 6.00. The molecule has 0 saturated carbocycles. The Labute approximate surface area is 164 Å². The average molecular weight is 454 g/mol. The first-order chi connectivity index (χ1) is 12.2. The molecule has 4 rings (SSSR count). The zero-order chi connectivity index (χ0) is 17.4. The molecule has 0 radical (unpaired) electrons. The summed E-state index contributed by atoms with van der Waals surface area (Å²) in [6.07, 6.45) is 0. The summed E-state index contributed by atoms with van der Waals surface area (Å²) in [5.74, 6) is 1.37. The van der Waals surface area contributed by atoms with Crippen molar-refractivity contribution < 1.29 is 9.47 Å². The maximum Gasteiger partial charge on any atom is 0.190 e. The molecule has 3 aromatic heterocycles. The number of fused-ring (bicyclic) bond motifs is 1. The highest BCUT2D eigenvalue weighted by molar-refractivity contribution is 9.11. The number of ether oxygens (including phenoxy) is 2. The van der Waals surface area contributed by atoms with Gasteiger partial charge in [-0.05, 0) is 28.1 Å². The molecular formula is C16H12BrN3O2S3. The van der Waals surface area contributed by atoms with Crippen molar-refractivity contribution in [2.24, 2.45) is 0 Å². The van der Waals surface area contributed by atoms with Crippen molar-refractivity contribution >= 4 is 70.4 Å². The molecule has 9 heteroatoms. The molecule has 4 aromatic rings. The Morgan fingerprint density at radius 2 is 1.80 bits per heavy atom. The third-order valence-electron chi connectivity index (χ3n) is 3.44. The van der Waals surface area contributed by atoms with Crippen LogP contribution in [0.25, 0.3) is 20.8 Å². The minimum Gasteiger partial charge on any atom is -0.493 e. The molecule has 0 saturated heterocycles. The van der Waals surface area contributed by atoms with Crippen LogP contribution >= 0.6 is 49.9 Å². The zero-order valence-electron chi connectivity index (χ0n) is 13.2. The van der Waals surface area contributed by atoms with Crippen LogP contribution in [-0.2, 0) is 0 Å². The molecule has 3 heterocycles. The maximum absolute atomic E-state index is 5.35. The van der Waals surface area contributed by atoms with E-state index < -0.39 is 0 Å². The van der Waals surface area contributed by atoms with E-state index >= 15 is 0 Å². The summed E-state index contributed by atoms with van der Waals surface area (Å²) >= 11 is 8.26. The summed E-state index contributed by atoms with van der Waals surface area (Å²) in [7, 11) is 3.25. The fourth-order valence-electron chi connectivity index (χ4n) is 2.30. The molecule has 0 bridgehead atoms. The molecule has 0 unspecified atom stereocenters. The number of hydrogen-bond acceptors (Lipinski definition) is 8. The largest absolute Gasteiger partial charge is 0.493 e. The van der Waals surface area contributed by atoms with Gasteiger partial charge in [0.05, 0.1) is 38.8 Å². The van der Waals surface area contributed by atoms with Crippen molar-refractivity contribution in [2.75, 3.05) is 19.5 Å². The van der Waals surface area contributed by atoms with Gasteiger partial charge in [-0.25, -0.2) is 9.97 Å². The first kappa shape index (κ1) is 16.8. The van der Waals surface area contributed by atoms with Crippen LogP contribution in [0.1, 0.15) is 0 Å². The molecule has 0 aliphatic heterocycles. The number of methoxy groups -OCH3 is 2. The van der Waals surface area contributed by atoms with E-state index in [1.807, 2.05) is 23.6 Å². The van der Waals surface area contributed by atoms with Crippen molar-refractivity contribution in [3.05, 3.63) is 33.4 Å². The molecule has 1 N–H and O–H groups in total. The quantitative estimate of drug-likeness (QED) is 0.401. The Hall–Kier alpha value is -1.68. The van der Waals surface area contributed by atoms with Crippen molar-refractivity contribution in [1.82, 2.24) is 9.97 Å². The monoisotopic (exact) mass is 453 g/mol. The number of aromatic nitrogens is 2. The van der Waals surface area contributed by atoms with Gasteiger partial charge in [-0.3, -0.25) is 0 Å². The molecule has 0 aliphatic rings. The van der Waals surface area contributed by atoms with Crippen LogP contribution in [-0.4, -0.2) is 24.2 Å². The zero-order valence-corrected chi connectivity index (χ0v) is 17.2. The Morgan fingerprint density at radius 1 is 1.00 bits per heavy atom. The summed E-state index contributed by atoms with van der Waals surface area (Å²) in [5, 5.41) is 6.94. The summed E-state index contributed by atoms with van der Waals surface area (Å²) in [6.45, 7) is 0. The van der Waals surface area contributed by atoms with Gasteiger partial charge in [0.1, 0.15) is 0 Å². The van der Waals surface area contributed by atoms with Crippen molar-refractivity contribution in [2.45, 2.75) is 0 Å². The number of anilines is 2. The lowest BCUT2D eigenvalue weighted by atomic mass is 10.3. The minimum absolute atomic E-state index is 0.673. The highest BCUT2D eigenvalue weighted by atomic mass is 79.9. The van der Waals surface area contributed by atoms with E-state index in [9.17, 15) is 0 Å². The smallest absolute Gasteiger partial charge is 0.190 e. The molecule has 0 fully saturated rings. The van der Waals surface area contributed by atoms with E-state index in [0.717, 1.165) is 34.8 Å². The number of nitrogens with one attached hydrogen (secondary N) is 1. The van der Waals surface area contributed by atoms with Crippen molar-refractivity contribution in [3.8, 4) is 22.1 Å². The number of benzene rings is 1. The molecule has 0 aliphatic carbocycles. The van der Waals surface area contributed by atoms with Crippen LogP contribution in [0.4, 0.5) is 10.3 Å². The second-order valence-electron chi connectivity index (χ2n) is 4.96. The van der Waals surface area contributed by atoms with Crippen molar-refractivity contribution in [1.29, 1.82) is 0 Å². The SMILES string of the molecule is COc1cc2nc(Nc3nc(-c4ccc(Br)s4)cs3)sc2cc1OC. The van der Waals surface area contributed by atoms with Crippen LogP contribution < -0.4 is 14.8 Å². The van der Waals surface area contributed by atoms with E-state index in [0.29, 0.717) is 11.5 Å². The molecule has 1 aromatic carbocycles. The average Bonchev–Trinajstić information content (AvgIpc) is 3.32. The maximum atomic E-state index is 5.35. The molecule has 0 atom stereocenters. The lowest BCUT2D eigenvalue weighted by Gasteiger charge is -2.05. The standard InChI is InChI=1S/C16H12BrN3O2S3/c1-21-10-5-8-13(6-11(10)22-2)25-16(18-8)20-15-19-9(7-23-15)12-3-4-14(17)24-12/h3-7H,1-2H3,(H,18,19,20). The normalized spacial score (nSPS) is 11.0. The van der Waals surface area contributed by atoms with Gasteiger partial charge in [0.15, 0.2) is 21.8 Å². The predicted molar refractivity (Wildman–Crippen MR) is 109 cm³/mol. The number of nitrogens with zero attached hydrogens (tertiary/aromatic N) is 2. The first-order valence-corrected chi connectivity index (χ1v) is 10.5. The van der Waals surface area contributed by atoms with Gasteiger partial charge in [0, 0.05) is 17.5 Å². The second kappa shape index (κ2) is 6.91. The van der Waals surface area contributed by atoms with Crippen LogP contribution in [0.3, 0.4) is 0 Å². The Morgan fingerprint density at radius 3 is 2.52 bits per heavy atom. The van der Waals surface area contributed by atoms with E-state index in [2.05, 4.69) is 37.3 Å². The Kier molecular flexibility index (Phi) is 4.63. The number of thiophene rings is 1. The van der Waals surface area contributed by atoms with Gasteiger partial charge in [-0.15, -0.1) is 22.7 Å². The van der Waals surface area contributed by atoms with E-state index in [-0.39, 0.29) is 0 Å². The lowest BCUT2D eigenvalue weighted by molar-refractivity contribution is 0.356. The van der Waals surface area contributed by atoms with Crippen molar-refractivity contribution in [3.63, 3.8) is 0 Å². The fraction of sp³-hybridized carbons (Fsp3) is 0.125. The third-order valence-corrected chi connectivity index (χ3v) is 6.77. The van der Waals surface area contributed by atoms with Gasteiger partial charge < -0.3 is 14.8 Å². The molecular weight excluding hydrogens is 442 g/mol. The molecule has 5 nitrogen and oxygen atoms in total. The van der Waals surface area contributed by atoms with Crippen LogP contribution in [0.5, 0.6) is 11.5 Å². The van der Waals surface area contributed by atoms with E-state index in [4.69, 9.17) is 9.47 Å². The van der Waals surface area contributed by atoms with Crippen LogP contribution in [0, 0.1) is 0 Å². The summed E-state index contributed by atoms with van der Waals surface area (Å²) in [5.41, 5.74) is 1.83. The highest BCUT2D eigenvalue weighted by Gasteiger charge is 2.12. The van der Waals surface area contributed by atoms with Gasteiger partial charge in [0.25, 0.3) is 0 Å². The van der Waals surface area contributed by atoms with Gasteiger partial charge in [-0.2, -0.15) is 0 Å². The summed E-state index contributed by atoms with van der Waals surface area (Å²) in [4.78, 5) is 10.4. The van der Waals surface area contributed by atoms with Gasteiger partial charge in [-0.1, -0.05) is 11.3 Å². The Bertz CT molecular complexity index is 1000. The van der Waals surface area contributed by atoms with E-state index in [1.165, 1.54) is 0 Å². The summed E-state index contributed by atoms with van der Waals surface area (Å²) < 4.78 is 12.8. The Balaban J connectivity index is 1.61. The molecule has 0 spiro atoms. The minimum atomic E-state index is 0.673. The molecule has 0 amide bonds. The van der Waals surface area contributed by atoms with Gasteiger partial charge in [0.2, 0.25) is 0 Å². The third kappa shape index (κ3) is 3.37. The van der Waals surface area contributed by atoms with Crippen LogP contribution in [0.15, 0.2) is 33.4 Å². The highest BCUT2D eigenvalue weighted by Crippen LogP contribution is 2.38. The summed E-state index contributed by atoms with van der Waals surface area (Å²) in [6, 6.07) is 7.91. The fourth-order valence-corrected chi connectivity index (χ4v) is 5.37. The second-order valence-corrected chi connectivity index (χ2v) is 9.31. The topological polar surface area (TPSA) is 56.3 Å². The number of hydrogen-bond donors (Lipinski definition) is 1. The van der Waals surface area contributed by atoms with Crippen LogP contribution in [0.2, 0.25) is 0 Å². The first-order valence-electron chi connectivity index (χ1n) is 7.17. The van der Waals surface area contributed by atoms with E-state index in [1.54, 1.807) is 48.2 Å². The number of halogens is 1. The molecule has 25 heavy (non-hydrogen) atoms. The molecule has 128 valence electrons. The number of thiazole rings is 2. The van der Waals surface area contributed by atoms with Gasteiger partial charge >= 0.3 is 0 Å². The lowest BCUT2D eigenvalue weighted by Crippen LogP contribution is -1.90.